The van der Waals surface area contributed by atoms with Crippen LogP contribution < -0.4 is 20.1 Å². The van der Waals surface area contributed by atoms with Crippen LogP contribution in [0.15, 0.2) is 45.9 Å². The maximum atomic E-state index is 13.3. The Morgan fingerprint density at radius 2 is 2.14 bits per heavy atom. The van der Waals surface area contributed by atoms with Crippen LogP contribution in [0.3, 0.4) is 0 Å². The van der Waals surface area contributed by atoms with Gasteiger partial charge in [-0.2, -0.15) is 11.3 Å². The number of benzene rings is 1. The van der Waals surface area contributed by atoms with Crippen LogP contribution in [0.25, 0.3) is 12.2 Å². The summed E-state index contributed by atoms with van der Waals surface area (Å²) < 4.78 is 20.1. The zero-order valence-electron chi connectivity index (χ0n) is 15.4. The molecule has 1 N–H and O–H groups in total. The minimum absolute atomic E-state index is 0.193. The monoisotopic (exact) mass is 432 g/mol. The molecule has 0 aliphatic heterocycles. The van der Waals surface area contributed by atoms with Gasteiger partial charge in [0.25, 0.3) is 5.56 Å². The SMILES string of the molecule is CCOC(=O)/C=c1\s/c(=C/c2ccsc2)c(=O)n1CC(=O)Nc1cccc(F)c1. The Balaban J connectivity index is 1.97. The van der Waals surface area contributed by atoms with Crippen molar-refractivity contribution in [1.29, 1.82) is 0 Å². The number of amides is 1. The first kappa shape index (κ1) is 20.7. The largest absolute Gasteiger partial charge is 0.463 e. The van der Waals surface area contributed by atoms with Gasteiger partial charge in [-0.3, -0.25) is 14.2 Å². The van der Waals surface area contributed by atoms with Gasteiger partial charge in [-0.1, -0.05) is 6.07 Å². The van der Waals surface area contributed by atoms with Crippen molar-refractivity contribution in [2.45, 2.75) is 13.5 Å². The number of hydrogen-bond donors (Lipinski definition) is 1. The summed E-state index contributed by atoms with van der Waals surface area (Å²) in [6.07, 6.45) is 2.89. The number of halogens is 1. The second kappa shape index (κ2) is 9.44. The topological polar surface area (TPSA) is 77.4 Å². The molecule has 3 aromatic rings. The van der Waals surface area contributed by atoms with Crippen LogP contribution in [0.4, 0.5) is 10.1 Å². The van der Waals surface area contributed by atoms with Crippen molar-refractivity contribution in [1.82, 2.24) is 4.57 Å². The molecule has 3 rings (SSSR count). The standard InChI is InChI=1S/C20H17FN2O4S2/c1-2-27-19(25)10-18-23(11-17(24)22-15-5-3-4-14(21)9-15)20(26)16(29-18)8-13-6-7-28-12-13/h3-10,12H,2,11H2,1H3,(H,22,24)/b16-8+,18-10-. The van der Waals surface area contributed by atoms with Crippen LogP contribution >= 0.6 is 22.7 Å². The summed E-state index contributed by atoms with van der Waals surface area (Å²) in [6, 6.07) is 7.31. The molecule has 0 atom stereocenters. The molecule has 0 spiro atoms. The van der Waals surface area contributed by atoms with Crippen LogP contribution in [0.5, 0.6) is 0 Å². The number of thiazole rings is 1. The van der Waals surface area contributed by atoms with Gasteiger partial charge in [-0.25, -0.2) is 9.18 Å². The highest BCUT2D eigenvalue weighted by molar-refractivity contribution is 7.08. The van der Waals surface area contributed by atoms with Crippen molar-refractivity contribution in [2.75, 3.05) is 11.9 Å². The molecule has 0 saturated carbocycles. The van der Waals surface area contributed by atoms with Gasteiger partial charge < -0.3 is 10.1 Å². The van der Waals surface area contributed by atoms with E-state index < -0.39 is 23.3 Å². The third-order valence-electron chi connectivity index (χ3n) is 3.72. The number of nitrogens with one attached hydrogen (secondary N) is 1. The highest BCUT2D eigenvalue weighted by Gasteiger charge is 2.12. The van der Waals surface area contributed by atoms with Crippen molar-refractivity contribution < 1.29 is 18.7 Å². The van der Waals surface area contributed by atoms with E-state index in [0.29, 0.717) is 9.20 Å². The van der Waals surface area contributed by atoms with Gasteiger partial charge >= 0.3 is 5.97 Å². The minimum Gasteiger partial charge on any atom is -0.463 e. The number of ether oxygens (including phenoxy) is 1. The number of nitrogens with zero attached hydrogens (tertiary/aromatic N) is 1. The lowest BCUT2D eigenvalue weighted by molar-refractivity contribution is -0.135. The number of hydrogen-bond acceptors (Lipinski definition) is 6. The average molecular weight is 432 g/mol. The van der Waals surface area contributed by atoms with Gasteiger partial charge in [0.05, 0.1) is 17.2 Å². The van der Waals surface area contributed by atoms with Gasteiger partial charge in [-0.05, 0) is 53.6 Å². The van der Waals surface area contributed by atoms with Crippen molar-refractivity contribution in [3.63, 3.8) is 0 Å². The fourth-order valence-electron chi connectivity index (χ4n) is 2.50. The average Bonchev–Trinajstić information content (AvgIpc) is 3.26. The molecule has 1 amide bonds. The van der Waals surface area contributed by atoms with E-state index in [4.69, 9.17) is 4.74 Å². The third kappa shape index (κ3) is 5.49. The first-order chi connectivity index (χ1) is 14.0. The van der Waals surface area contributed by atoms with Gasteiger partial charge in [0, 0.05) is 5.69 Å². The minimum atomic E-state index is -0.602. The van der Waals surface area contributed by atoms with Gasteiger partial charge in [-0.15, -0.1) is 11.3 Å². The number of aromatic nitrogens is 1. The number of thiophene rings is 1. The van der Waals surface area contributed by atoms with Gasteiger partial charge in [0.1, 0.15) is 17.0 Å². The number of esters is 1. The molecular formula is C20H17FN2O4S2. The molecule has 0 aliphatic rings. The van der Waals surface area contributed by atoms with E-state index in [1.807, 2.05) is 16.8 Å². The van der Waals surface area contributed by atoms with E-state index in [0.717, 1.165) is 16.9 Å². The van der Waals surface area contributed by atoms with E-state index in [1.54, 1.807) is 19.1 Å². The van der Waals surface area contributed by atoms with E-state index in [9.17, 15) is 18.8 Å². The predicted molar refractivity (Wildman–Crippen MR) is 112 cm³/mol. The van der Waals surface area contributed by atoms with Crippen LogP contribution in [-0.2, 0) is 20.9 Å². The summed E-state index contributed by atoms with van der Waals surface area (Å²) in [4.78, 5) is 37.1. The molecule has 150 valence electrons. The smallest absolute Gasteiger partial charge is 0.333 e. The molecule has 0 radical (unpaired) electrons. The molecule has 0 saturated heterocycles. The molecule has 2 aromatic heterocycles. The zero-order chi connectivity index (χ0) is 20.8. The fraction of sp³-hybridized carbons (Fsp3) is 0.150. The Hall–Kier alpha value is -3.04. The molecule has 29 heavy (non-hydrogen) atoms. The second-order valence-corrected chi connectivity index (χ2v) is 7.69. The van der Waals surface area contributed by atoms with Gasteiger partial charge in [0.2, 0.25) is 5.91 Å². The molecule has 0 bridgehead atoms. The Bertz CT molecular complexity index is 1200. The Kier molecular flexibility index (Phi) is 6.73. The predicted octanol–water partition coefficient (Wildman–Crippen LogP) is 1.92. The molecule has 2 heterocycles. The number of anilines is 1. The van der Waals surface area contributed by atoms with Crippen LogP contribution in [0.1, 0.15) is 12.5 Å². The lowest BCUT2D eigenvalue weighted by Gasteiger charge is -2.06. The summed E-state index contributed by atoms with van der Waals surface area (Å²) in [7, 11) is 0. The molecule has 0 aliphatic carbocycles. The van der Waals surface area contributed by atoms with Crippen molar-refractivity contribution in [3.8, 4) is 0 Å². The first-order valence-corrected chi connectivity index (χ1v) is 10.4. The maximum Gasteiger partial charge on any atom is 0.333 e. The van der Waals surface area contributed by atoms with Crippen molar-refractivity contribution >= 4 is 52.4 Å². The summed E-state index contributed by atoms with van der Waals surface area (Å²) in [5.74, 6) is -1.61. The Labute approximate surface area is 173 Å². The molecule has 0 unspecified atom stereocenters. The quantitative estimate of drug-likeness (QED) is 0.604. The zero-order valence-corrected chi connectivity index (χ0v) is 17.0. The lowest BCUT2D eigenvalue weighted by atomic mass is 10.3. The van der Waals surface area contributed by atoms with Gasteiger partial charge in [0.15, 0.2) is 0 Å². The van der Waals surface area contributed by atoms with E-state index in [1.165, 1.54) is 40.2 Å². The molecule has 0 fully saturated rings. The van der Waals surface area contributed by atoms with Crippen LogP contribution in [0, 0.1) is 5.82 Å². The summed E-state index contributed by atoms with van der Waals surface area (Å²) in [5.41, 5.74) is 0.734. The third-order valence-corrected chi connectivity index (χ3v) is 5.48. The first-order valence-electron chi connectivity index (χ1n) is 8.63. The maximum absolute atomic E-state index is 13.3. The fourth-order valence-corrected chi connectivity index (χ4v) is 4.15. The molecule has 9 heteroatoms. The van der Waals surface area contributed by atoms with Crippen molar-refractivity contribution in [2.24, 2.45) is 0 Å². The van der Waals surface area contributed by atoms with Crippen LogP contribution in [-0.4, -0.2) is 23.1 Å². The highest BCUT2D eigenvalue weighted by atomic mass is 32.1. The molecule has 1 aromatic carbocycles. The molecular weight excluding hydrogens is 415 g/mol. The summed E-state index contributed by atoms with van der Waals surface area (Å²) in [5, 5.41) is 6.32. The van der Waals surface area contributed by atoms with Crippen molar-refractivity contribution in [3.05, 3.63) is 72.0 Å². The van der Waals surface area contributed by atoms with E-state index >= 15 is 0 Å². The van der Waals surface area contributed by atoms with Crippen LogP contribution in [0.2, 0.25) is 0 Å². The summed E-state index contributed by atoms with van der Waals surface area (Å²) in [6.45, 7) is 1.54. The number of carbonyl (C=O) groups is 2. The number of carbonyl (C=O) groups excluding carboxylic acids is 2. The summed E-state index contributed by atoms with van der Waals surface area (Å²) >= 11 is 2.59. The Morgan fingerprint density at radius 3 is 2.83 bits per heavy atom. The van der Waals surface area contributed by atoms with E-state index in [-0.39, 0.29) is 18.8 Å². The number of rotatable bonds is 6. The molecule has 6 nitrogen and oxygen atoms in total. The second-order valence-electron chi connectivity index (χ2n) is 5.85. The Morgan fingerprint density at radius 1 is 1.31 bits per heavy atom. The normalized spacial score (nSPS) is 12.2. The van der Waals surface area contributed by atoms with E-state index in [2.05, 4.69) is 5.32 Å². The lowest BCUT2D eigenvalue weighted by Crippen LogP contribution is -2.36. The highest BCUT2D eigenvalue weighted by Crippen LogP contribution is 2.09.